The van der Waals surface area contributed by atoms with E-state index in [9.17, 15) is 0 Å². The van der Waals surface area contributed by atoms with Gasteiger partial charge in [-0.05, 0) is 24.7 Å². The molecular weight excluding hydrogens is 100 g/mol. The standard InChI is InChI=1S/C7H10O/c8-7-2-1-5-3-6(7)4-5/h1-2,5-8H,3-4H2/t5?,6?,7-/m1/s1. The van der Waals surface area contributed by atoms with Crippen LogP contribution in [0.3, 0.4) is 0 Å². The highest BCUT2D eigenvalue weighted by atomic mass is 16.3. The maximum absolute atomic E-state index is 9.13. The predicted molar refractivity (Wildman–Crippen MR) is 31.4 cm³/mol. The molecule has 0 aromatic heterocycles. The Balaban J connectivity index is 2.19. The van der Waals surface area contributed by atoms with Gasteiger partial charge in [0.2, 0.25) is 0 Å². The van der Waals surface area contributed by atoms with Crippen LogP contribution >= 0.6 is 0 Å². The van der Waals surface area contributed by atoms with E-state index >= 15 is 0 Å². The van der Waals surface area contributed by atoms with Crippen LogP contribution in [0.5, 0.6) is 0 Å². The zero-order valence-electron chi connectivity index (χ0n) is 4.75. The van der Waals surface area contributed by atoms with Gasteiger partial charge in [0, 0.05) is 0 Å². The third-order valence-corrected chi connectivity index (χ3v) is 2.27. The van der Waals surface area contributed by atoms with Gasteiger partial charge in [-0.1, -0.05) is 12.2 Å². The summed E-state index contributed by atoms with van der Waals surface area (Å²) in [6, 6.07) is 0. The van der Waals surface area contributed by atoms with E-state index in [1.54, 1.807) is 0 Å². The Labute approximate surface area is 49.0 Å². The summed E-state index contributed by atoms with van der Waals surface area (Å²) in [5, 5.41) is 9.13. The third kappa shape index (κ3) is 0.451. The van der Waals surface area contributed by atoms with Crippen molar-refractivity contribution in [2.45, 2.75) is 18.9 Å². The second kappa shape index (κ2) is 1.35. The molecular formula is C7H10O. The van der Waals surface area contributed by atoms with Gasteiger partial charge in [-0.25, -0.2) is 0 Å². The second-order valence-corrected chi connectivity index (χ2v) is 2.87. The van der Waals surface area contributed by atoms with Crippen molar-refractivity contribution in [3.63, 3.8) is 0 Å². The highest BCUT2D eigenvalue weighted by Crippen LogP contribution is 2.41. The van der Waals surface area contributed by atoms with Crippen LogP contribution in [0.4, 0.5) is 0 Å². The number of rotatable bonds is 0. The van der Waals surface area contributed by atoms with Gasteiger partial charge in [-0.15, -0.1) is 0 Å². The number of aliphatic hydroxyl groups excluding tert-OH is 1. The first-order chi connectivity index (χ1) is 3.86. The van der Waals surface area contributed by atoms with Crippen molar-refractivity contribution in [1.29, 1.82) is 0 Å². The molecule has 44 valence electrons. The predicted octanol–water partition coefficient (Wildman–Crippen LogP) is 0.943. The van der Waals surface area contributed by atoms with E-state index < -0.39 is 0 Å². The number of aliphatic hydroxyl groups is 1. The van der Waals surface area contributed by atoms with E-state index in [-0.39, 0.29) is 6.10 Å². The lowest BCUT2D eigenvalue weighted by Crippen LogP contribution is -2.35. The molecule has 8 heavy (non-hydrogen) atoms. The van der Waals surface area contributed by atoms with Crippen molar-refractivity contribution < 1.29 is 5.11 Å². The van der Waals surface area contributed by atoms with Crippen LogP contribution in [-0.4, -0.2) is 11.2 Å². The maximum atomic E-state index is 9.13. The molecule has 3 aliphatic rings. The summed E-state index contributed by atoms with van der Waals surface area (Å²) in [6.07, 6.45) is 6.43. The van der Waals surface area contributed by atoms with Crippen molar-refractivity contribution in [2.24, 2.45) is 11.8 Å². The van der Waals surface area contributed by atoms with Crippen molar-refractivity contribution in [2.75, 3.05) is 0 Å². The van der Waals surface area contributed by atoms with E-state index in [2.05, 4.69) is 6.08 Å². The Bertz CT molecular complexity index is 122. The van der Waals surface area contributed by atoms with Crippen molar-refractivity contribution >= 4 is 0 Å². The summed E-state index contributed by atoms with van der Waals surface area (Å²) in [5.41, 5.74) is 0. The molecule has 0 aromatic carbocycles. The highest BCUT2D eigenvalue weighted by molar-refractivity contribution is 5.09. The second-order valence-electron chi connectivity index (χ2n) is 2.87. The Morgan fingerprint density at radius 2 is 2.00 bits per heavy atom. The average Bonchev–Trinajstić information content (AvgIpc) is 1.62. The van der Waals surface area contributed by atoms with Gasteiger partial charge in [-0.2, -0.15) is 0 Å². The fourth-order valence-electron chi connectivity index (χ4n) is 1.57. The summed E-state index contributed by atoms with van der Waals surface area (Å²) >= 11 is 0. The molecule has 0 aromatic rings. The first-order valence-electron chi connectivity index (χ1n) is 3.22. The third-order valence-electron chi connectivity index (χ3n) is 2.27. The highest BCUT2D eigenvalue weighted by Gasteiger charge is 2.34. The molecule has 0 spiro atoms. The quantitative estimate of drug-likeness (QED) is 0.460. The molecule has 3 aliphatic carbocycles. The van der Waals surface area contributed by atoms with Crippen molar-refractivity contribution in [3.8, 4) is 0 Å². The molecule has 1 fully saturated rings. The molecule has 0 amide bonds. The lowest BCUT2D eigenvalue weighted by atomic mass is 9.68. The molecule has 1 saturated carbocycles. The van der Waals surface area contributed by atoms with Gasteiger partial charge < -0.3 is 5.11 Å². The minimum atomic E-state index is -0.111. The lowest BCUT2D eigenvalue weighted by molar-refractivity contribution is 0.0600. The number of fused-ring (bicyclic) bond motifs is 1. The molecule has 0 heterocycles. The Hall–Kier alpha value is -0.300. The molecule has 1 N–H and O–H groups in total. The number of allylic oxidation sites excluding steroid dienone is 1. The molecule has 1 nitrogen and oxygen atoms in total. The van der Waals surface area contributed by atoms with Crippen LogP contribution in [-0.2, 0) is 0 Å². The van der Waals surface area contributed by atoms with E-state index in [1.165, 1.54) is 12.8 Å². The van der Waals surface area contributed by atoms with E-state index in [1.807, 2.05) is 6.08 Å². The zero-order valence-corrected chi connectivity index (χ0v) is 4.75. The van der Waals surface area contributed by atoms with Crippen LogP contribution in [0.1, 0.15) is 12.8 Å². The van der Waals surface area contributed by atoms with E-state index in [0.717, 1.165) is 5.92 Å². The van der Waals surface area contributed by atoms with Crippen LogP contribution in [0, 0.1) is 11.8 Å². The molecule has 0 saturated heterocycles. The van der Waals surface area contributed by atoms with Crippen LogP contribution in [0.15, 0.2) is 12.2 Å². The Kier molecular flexibility index (Phi) is 0.770. The van der Waals surface area contributed by atoms with E-state index in [4.69, 9.17) is 5.11 Å². The van der Waals surface area contributed by atoms with Gasteiger partial charge in [-0.3, -0.25) is 0 Å². The Morgan fingerprint density at radius 3 is 2.25 bits per heavy atom. The van der Waals surface area contributed by atoms with Crippen LogP contribution in [0.25, 0.3) is 0 Å². The maximum Gasteiger partial charge on any atom is 0.0749 e. The SMILES string of the molecule is O[C@@H]1C=CC2CC1C2. The van der Waals surface area contributed by atoms with Crippen molar-refractivity contribution in [3.05, 3.63) is 12.2 Å². The minimum absolute atomic E-state index is 0.111. The largest absolute Gasteiger partial charge is 0.389 e. The summed E-state index contributed by atoms with van der Waals surface area (Å²) in [5.74, 6) is 1.44. The fourth-order valence-corrected chi connectivity index (χ4v) is 1.57. The smallest absolute Gasteiger partial charge is 0.0749 e. The fraction of sp³-hybridized carbons (Fsp3) is 0.714. The minimum Gasteiger partial charge on any atom is -0.389 e. The summed E-state index contributed by atoms with van der Waals surface area (Å²) in [7, 11) is 0. The van der Waals surface area contributed by atoms with Crippen LogP contribution < -0.4 is 0 Å². The summed E-state index contributed by atoms with van der Waals surface area (Å²) in [6.45, 7) is 0. The van der Waals surface area contributed by atoms with Gasteiger partial charge in [0.1, 0.15) is 0 Å². The number of hydrogen-bond donors (Lipinski definition) is 1. The van der Waals surface area contributed by atoms with Gasteiger partial charge in [0.25, 0.3) is 0 Å². The molecule has 1 atom stereocenters. The first-order valence-corrected chi connectivity index (χ1v) is 3.22. The Morgan fingerprint density at radius 1 is 1.25 bits per heavy atom. The van der Waals surface area contributed by atoms with Crippen molar-refractivity contribution in [1.82, 2.24) is 0 Å². The lowest BCUT2D eigenvalue weighted by Gasteiger charge is -2.39. The summed E-state index contributed by atoms with van der Waals surface area (Å²) in [4.78, 5) is 0. The van der Waals surface area contributed by atoms with Gasteiger partial charge in [0.15, 0.2) is 0 Å². The van der Waals surface area contributed by atoms with Crippen LogP contribution in [0.2, 0.25) is 0 Å². The summed E-state index contributed by atoms with van der Waals surface area (Å²) < 4.78 is 0. The van der Waals surface area contributed by atoms with Gasteiger partial charge in [0.05, 0.1) is 6.10 Å². The zero-order chi connectivity index (χ0) is 5.56. The van der Waals surface area contributed by atoms with Gasteiger partial charge >= 0.3 is 0 Å². The molecule has 3 rings (SSSR count). The molecule has 1 heteroatoms. The molecule has 0 aliphatic heterocycles. The molecule has 0 radical (unpaired) electrons. The number of hydrogen-bond acceptors (Lipinski definition) is 1. The topological polar surface area (TPSA) is 20.2 Å². The normalized spacial score (nSPS) is 50.9. The monoisotopic (exact) mass is 110 g/mol. The molecule has 0 unspecified atom stereocenters. The molecule has 2 bridgehead atoms. The van der Waals surface area contributed by atoms with E-state index in [0.29, 0.717) is 5.92 Å². The average molecular weight is 110 g/mol. The first kappa shape index (κ1) is 4.57.